The maximum Gasteiger partial charge on any atom is 0.430 e. The second kappa shape index (κ2) is 6.12. The van der Waals surface area contributed by atoms with E-state index in [4.69, 9.17) is 14.6 Å². The van der Waals surface area contributed by atoms with Crippen LogP contribution in [-0.4, -0.2) is 23.7 Å². The number of nitrogens with one attached hydrogen (secondary N) is 1. The number of alkyl halides is 3. The lowest BCUT2D eigenvalue weighted by Gasteiger charge is -2.03. The van der Waals surface area contributed by atoms with Crippen molar-refractivity contribution in [2.24, 2.45) is 7.05 Å². The van der Waals surface area contributed by atoms with Gasteiger partial charge in [0.05, 0.1) is 13.7 Å². The van der Waals surface area contributed by atoms with Crippen LogP contribution in [0.15, 0.2) is 6.20 Å². The molecule has 0 bridgehead atoms. The largest absolute Gasteiger partial charge is 0.542 e. The van der Waals surface area contributed by atoms with Crippen molar-refractivity contribution in [3.05, 3.63) is 12.0 Å². The number of rotatable bonds is 2. The first-order valence-electron chi connectivity index (χ1n) is 4.65. The van der Waals surface area contributed by atoms with Gasteiger partial charge in [0.2, 0.25) is 0 Å². The van der Waals surface area contributed by atoms with Crippen LogP contribution in [0.2, 0.25) is 0 Å². The van der Waals surface area contributed by atoms with Gasteiger partial charge in [0.1, 0.15) is 5.97 Å². The number of aromatic amines is 1. The molecule has 0 atom stereocenters. The Morgan fingerprint density at radius 1 is 1.59 bits per heavy atom. The normalized spacial score (nSPS) is 10.5. The highest BCUT2D eigenvalue weighted by molar-refractivity contribution is 5.70. The summed E-state index contributed by atoms with van der Waals surface area (Å²) in [5.74, 6) is -1.02. The van der Waals surface area contributed by atoms with E-state index in [1.807, 2.05) is 31.7 Å². The fourth-order valence-corrected chi connectivity index (χ4v) is 0.811. The molecule has 0 aromatic carbocycles. The number of carboxylic acid groups (broad SMARTS) is 1. The summed E-state index contributed by atoms with van der Waals surface area (Å²) in [6.07, 6.45) is -3.33. The smallest absolute Gasteiger partial charge is 0.430 e. The van der Waals surface area contributed by atoms with Crippen molar-refractivity contribution in [2.75, 3.05) is 6.61 Å². The van der Waals surface area contributed by atoms with Gasteiger partial charge in [-0.3, -0.25) is 0 Å². The van der Waals surface area contributed by atoms with Crippen LogP contribution in [0.5, 0.6) is 5.88 Å². The van der Waals surface area contributed by atoms with Crippen LogP contribution < -0.4 is 14.4 Å². The van der Waals surface area contributed by atoms with Gasteiger partial charge in [-0.2, -0.15) is 13.2 Å². The summed E-state index contributed by atoms with van der Waals surface area (Å²) in [6, 6.07) is 0. The Bertz CT molecular complexity index is 374. The molecule has 1 heterocycles. The highest BCUT2D eigenvalue weighted by atomic mass is 19.4. The molecule has 0 saturated heterocycles. The number of aromatic nitrogens is 2. The molecule has 98 valence electrons. The van der Waals surface area contributed by atoms with E-state index in [0.29, 0.717) is 6.61 Å². The minimum absolute atomic E-state index is 0.713. The molecule has 17 heavy (non-hydrogen) atoms. The summed E-state index contributed by atoms with van der Waals surface area (Å²) < 4.78 is 38.8. The molecule has 0 spiro atoms. The van der Waals surface area contributed by atoms with Crippen LogP contribution >= 0.6 is 0 Å². The molecule has 0 saturated carbocycles. The number of carbonyl (C=O) groups is 1. The maximum atomic E-state index is 10.5. The maximum absolute atomic E-state index is 10.5. The van der Waals surface area contributed by atoms with E-state index >= 15 is 0 Å². The van der Waals surface area contributed by atoms with E-state index in [1.54, 1.807) is 0 Å². The molecule has 0 radical (unpaired) electrons. The molecule has 0 amide bonds. The molecule has 0 fully saturated rings. The average molecular weight is 254 g/mol. The molecule has 5 nitrogen and oxygen atoms in total. The number of carbonyl (C=O) groups excluding carboxylic acids is 1. The third-order valence-corrected chi connectivity index (χ3v) is 1.76. The van der Waals surface area contributed by atoms with Gasteiger partial charge in [0.15, 0.2) is 6.20 Å². The molecular formula is C9H13F3N2O3. The molecule has 1 aromatic rings. The molecule has 0 unspecified atom stereocenters. The van der Waals surface area contributed by atoms with Crippen molar-refractivity contribution in [3.8, 4) is 5.88 Å². The van der Waals surface area contributed by atoms with Gasteiger partial charge >= 0.3 is 12.1 Å². The van der Waals surface area contributed by atoms with Gasteiger partial charge in [-0.1, -0.05) is 0 Å². The molecule has 8 heteroatoms. The van der Waals surface area contributed by atoms with Crippen LogP contribution in [0, 0.1) is 6.92 Å². The molecule has 1 N–H and O–H groups in total. The van der Waals surface area contributed by atoms with Crippen LogP contribution in [0.25, 0.3) is 0 Å². The van der Waals surface area contributed by atoms with Crippen LogP contribution in [-0.2, 0) is 11.8 Å². The lowest BCUT2D eigenvalue weighted by atomic mass is 10.7. The quantitative estimate of drug-likeness (QED) is 0.746. The fourth-order valence-electron chi connectivity index (χ4n) is 0.811. The Labute approximate surface area is 95.8 Å². The summed E-state index contributed by atoms with van der Waals surface area (Å²) >= 11 is 0. The Morgan fingerprint density at radius 2 is 2.06 bits per heavy atom. The number of hydrogen-bond acceptors (Lipinski definition) is 3. The number of halogens is 3. The van der Waals surface area contributed by atoms with E-state index < -0.39 is 12.1 Å². The lowest BCUT2D eigenvalue weighted by Crippen LogP contribution is -2.37. The summed E-state index contributed by atoms with van der Waals surface area (Å²) in [5, 5.41) is 8.78. The zero-order valence-electron chi connectivity index (χ0n) is 9.59. The molecule has 1 aromatic heterocycles. The van der Waals surface area contributed by atoms with Gasteiger partial charge < -0.3 is 14.6 Å². The van der Waals surface area contributed by atoms with Crippen LogP contribution in [0.4, 0.5) is 13.2 Å². The monoisotopic (exact) mass is 254 g/mol. The van der Waals surface area contributed by atoms with Crippen molar-refractivity contribution >= 4 is 5.97 Å². The predicted molar refractivity (Wildman–Crippen MR) is 48.9 cm³/mol. The van der Waals surface area contributed by atoms with Gasteiger partial charge in [0, 0.05) is 6.92 Å². The third-order valence-electron chi connectivity index (χ3n) is 1.76. The molecule has 1 rings (SSSR count). The molecule has 0 aliphatic rings. The van der Waals surface area contributed by atoms with Crippen molar-refractivity contribution in [2.45, 2.75) is 20.0 Å². The number of aryl methyl sites for hydroxylation is 1. The highest BCUT2D eigenvalue weighted by Gasteiger charge is 2.28. The van der Waals surface area contributed by atoms with Gasteiger partial charge in [0.25, 0.3) is 5.82 Å². The topological polar surface area (TPSA) is 69.0 Å². The van der Waals surface area contributed by atoms with Gasteiger partial charge in [-0.25, -0.2) is 9.55 Å². The first kappa shape index (κ1) is 15.3. The second-order valence-electron chi connectivity index (χ2n) is 2.99. The molecule has 0 aliphatic heterocycles. The Hall–Kier alpha value is -1.73. The second-order valence-corrected chi connectivity index (χ2v) is 2.99. The highest BCUT2D eigenvalue weighted by Crippen LogP contribution is 2.11. The van der Waals surface area contributed by atoms with Crippen molar-refractivity contribution in [1.29, 1.82) is 0 Å². The zero-order chi connectivity index (χ0) is 13.6. The fraction of sp³-hybridized carbons (Fsp3) is 0.556. The summed E-state index contributed by atoms with van der Waals surface area (Å²) in [6.45, 7) is 4.69. The zero-order valence-corrected chi connectivity index (χ0v) is 9.59. The number of hydrogen-bond donors (Lipinski definition) is 1. The number of aliphatic carboxylic acids is 1. The Kier molecular flexibility index (Phi) is 5.49. The number of nitrogens with zero attached hydrogens (tertiary/aromatic N) is 1. The number of carboxylic acids is 1. The van der Waals surface area contributed by atoms with E-state index in [9.17, 15) is 13.2 Å². The minimum atomic E-state index is -5.19. The minimum Gasteiger partial charge on any atom is -0.542 e. The number of H-pyrrole nitrogens is 1. The third kappa shape index (κ3) is 5.23. The Balaban J connectivity index is 0.000000325. The molecule has 0 aliphatic carbocycles. The number of imidazole rings is 1. The number of ether oxygens (including phenoxy) is 1. The van der Waals surface area contributed by atoms with Gasteiger partial charge in [-0.05, 0) is 6.92 Å². The van der Waals surface area contributed by atoms with Crippen molar-refractivity contribution < 1.29 is 32.4 Å². The van der Waals surface area contributed by atoms with E-state index in [1.165, 1.54) is 0 Å². The van der Waals surface area contributed by atoms with Crippen LogP contribution in [0.1, 0.15) is 12.7 Å². The van der Waals surface area contributed by atoms with E-state index in [0.717, 1.165) is 11.7 Å². The first-order valence-corrected chi connectivity index (χ1v) is 4.65. The van der Waals surface area contributed by atoms with E-state index in [-0.39, 0.29) is 0 Å². The van der Waals surface area contributed by atoms with Crippen molar-refractivity contribution in [3.63, 3.8) is 0 Å². The Morgan fingerprint density at radius 3 is 2.29 bits per heavy atom. The SMILES string of the molecule is CCOc1c[nH]c(C)[n+]1C.O=C([O-])C(F)(F)F. The summed E-state index contributed by atoms with van der Waals surface area (Å²) in [5.41, 5.74) is 0. The van der Waals surface area contributed by atoms with E-state index in [2.05, 4.69) is 4.98 Å². The van der Waals surface area contributed by atoms with Crippen molar-refractivity contribution in [1.82, 2.24) is 4.98 Å². The first-order chi connectivity index (χ1) is 7.70. The average Bonchev–Trinajstić information content (AvgIpc) is 2.50. The summed E-state index contributed by atoms with van der Waals surface area (Å²) in [4.78, 5) is 11.8. The summed E-state index contributed by atoms with van der Waals surface area (Å²) in [7, 11) is 1.97. The standard InChI is InChI=1S/C7H12N2O.C2HF3O2/c1-4-10-7-5-8-6(2)9(7)3;3-2(4,5)1(6)7/h5H,4H2,1-3H3;(H,6,7). The van der Waals surface area contributed by atoms with Crippen LogP contribution in [0.3, 0.4) is 0 Å². The van der Waals surface area contributed by atoms with Gasteiger partial charge in [-0.15, -0.1) is 0 Å². The lowest BCUT2D eigenvalue weighted by molar-refractivity contribution is -0.681. The molecular weight excluding hydrogens is 241 g/mol. The predicted octanol–water partition coefficient (Wildman–Crippen LogP) is -0.155.